The minimum Gasteiger partial charge on any atom is -0.460 e. The SMILES string of the molecule is Cc1ccc(-c2[nH]ncc2CN)o1. The first-order chi connectivity index (χ1) is 6.31. The highest BCUT2D eigenvalue weighted by Gasteiger charge is 2.08. The molecular formula is C9H11N3O. The Bertz CT molecular complexity index is 402. The van der Waals surface area contributed by atoms with E-state index in [0.29, 0.717) is 6.54 Å². The van der Waals surface area contributed by atoms with Crippen molar-refractivity contribution in [3.8, 4) is 11.5 Å². The van der Waals surface area contributed by atoms with Gasteiger partial charge in [-0.2, -0.15) is 5.10 Å². The Balaban J connectivity index is 2.45. The Kier molecular flexibility index (Phi) is 1.90. The topological polar surface area (TPSA) is 67.8 Å². The van der Waals surface area contributed by atoms with E-state index >= 15 is 0 Å². The van der Waals surface area contributed by atoms with E-state index in [1.54, 1.807) is 6.20 Å². The Morgan fingerprint density at radius 1 is 1.54 bits per heavy atom. The van der Waals surface area contributed by atoms with Crippen molar-refractivity contribution in [2.24, 2.45) is 5.73 Å². The monoisotopic (exact) mass is 177 g/mol. The molecule has 0 saturated heterocycles. The van der Waals surface area contributed by atoms with Gasteiger partial charge in [0.15, 0.2) is 5.76 Å². The molecule has 2 aromatic rings. The number of nitrogens with one attached hydrogen (secondary N) is 1. The third-order valence-electron chi connectivity index (χ3n) is 1.92. The lowest BCUT2D eigenvalue weighted by Crippen LogP contribution is -1.95. The van der Waals surface area contributed by atoms with E-state index in [1.807, 2.05) is 19.1 Å². The molecule has 0 radical (unpaired) electrons. The van der Waals surface area contributed by atoms with Crippen LogP contribution in [0.3, 0.4) is 0 Å². The number of aromatic nitrogens is 2. The van der Waals surface area contributed by atoms with Crippen LogP contribution in [0, 0.1) is 6.92 Å². The average Bonchev–Trinajstić information content (AvgIpc) is 2.71. The van der Waals surface area contributed by atoms with Crippen LogP contribution in [0.1, 0.15) is 11.3 Å². The number of furan rings is 1. The van der Waals surface area contributed by atoms with Crippen LogP contribution in [-0.2, 0) is 6.54 Å². The molecule has 2 rings (SSSR count). The highest BCUT2D eigenvalue weighted by molar-refractivity contribution is 5.56. The minimum atomic E-state index is 0.464. The van der Waals surface area contributed by atoms with Crippen LogP contribution in [0.5, 0.6) is 0 Å². The van der Waals surface area contributed by atoms with Crippen molar-refractivity contribution in [3.63, 3.8) is 0 Å². The van der Waals surface area contributed by atoms with Gasteiger partial charge in [0.05, 0.1) is 6.20 Å². The van der Waals surface area contributed by atoms with Gasteiger partial charge >= 0.3 is 0 Å². The predicted octanol–water partition coefficient (Wildman–Crippen LogP) is 1.44. The Morgan fingerprint density at radius 3 is 3.00 bits per heavy atom. The quantitative estimate of drug-likeness (QED) is 0.729. The van der Waals surface area contributed by atoms with Gasteiger partial charge in [-0.3, -0.25) is 5.10 Å². The number of nitrogens with two attached hydrogens (primary N) is 1. The lowest BCUT2D eigenvalue weighted by Gasteiger charge is -1.95. The third kappa shape index (κ3) is 1.36. The van der Waals surface area contributed by atoms with Crippen LogP contribution in [-0.4, -0.2) is 10.2 Å². The van der Waals surface area contributed by atoms with Gasteiger partial charge in [0.1, 0.15) is 11.5 Å². The zero-order chi connectivity index (χ0) is 9.26. The van der Waals surface area contributed by atoms with E-state index in [-0.39, 0.29) is 0 Å². The third-order valence-corrected chi connectivity index (χ3v) is 1.92. The van der Waals surface area contributed by atoms with E-state index in [0.717, 1.165) is 22.8 Å². The van der Waals surface area contributed by atoms with Crippen molar-refractivity contribution >= 4 is 0 Å². The maximum Gasteiger partial charge on any atom is 0.152 e. The van der Waals surface area contributed by atoms with Crippen molar-refractivity contribution in [1.29, 1.82) is 0 Å². The molecule has 0 atom stereocenters. The fourth-order valence-electron chi connectivity index (χ4n) is 1.25. The van der Waals surface area contributed by atoms with Gasteiger partial charge in [0, 0.05) is 12.1 Å². The van der Waals surface area contributed by atoms with Gasteiger partial charge in [-0.25, -0.2) is 0 Å². The van der Waals surface area contributed by atoms with Crippen molar-refractivity contribution in [3.05, 3.63) is 29.7 Å². The van der Waals surface area contributed by atoms with Gasteiger partial charge < -0.3 is 10.2 Å². The second-order valence-corrected chi connectivity index (χ2v) is 2.88. The molecule has 4 nitrogen and oxygen atoms in total. The minimum absolute atomic E-state index is 0.464. The summed E-state index contributed by atoms with van der Waals surface area (Å²) in [7, 11) is 0. The molecule has 4 heteroatoms. The summed E-state index contributed by atoms with van der Waals surface area (Å²) in [4.78, 5) is 0. The fraction of sp³-hybridized carbons (Fsp3) is 0.222. The number of rotatable bonds is 2. The summed E-state index contributed by atoms with van der Waals surface area (Å²) in [6.07, 6.45) is 1.72. The molecule has 2 heterocycles. The van der Waals surface area contributed by atoms with Gasteiger partial charge in [0.25, 0.3) is 0 Å². The fourth-order valence-corrected chi connectivity index (χ4v) is 1.25. The summed E-state index contributed by atoms with van der Waals surface area (Å²) in [5, 5.41) is 6.78. The van der Waals surface area contributed by atoms with Gasteiger partial charge in [-0.1, -0.05) is 0 Å². The summed E-state index contributed by atoms with van der Waals surface area (Å²) >= 11 is 0. The lowest BCUT2D eigenvalue weighted by molar-refractivity contribution is 0.545. The van der Waals surface area contributed by atoms with Crippen molar-refractivity contribution in [2.75, 3.05) is 0 Å². The van der Waals surface area contributed by atoms with Crippen LogP contribution in [0.25, 0.3) is 11.5 Å². The normalized spacial score (nSPS) is 10.6. The first-order valence-corrected chi connectivity index (χ1v) is 4.10. The Hall–Kier alpha value is -1.55. The molecule has 0 unspecified atom stereocenters. The molecule has 0 aromatic carbocycles. The highest BCUT2D eigenvalue weighted by Crippen LogP contribution is 2.22. The first-order valence-electron chi connectivity index (χ1n) is 4.10. The van der Waals surface area contributed by atoms with E-state index in [2.05, 4.69) is 10.2 Å². The molecule has 0 aliphatic rings. The summed E-state index contributed by atoms with van der Waals surface area (Å²) in [5.41, 5.74) is 7.38. The van der Waals surface area contributed by atoms with Crippen molar-refractivity contribution < 1.29 is 4.42 Å². The van der Waals surface area contributed by atoms with E-state index in [4.69, 9.17) is 10.2 Å². The van der Waals surface area contributed by atoms with Crippen LogP contribution in [0.15, 0.2) is 22.7 Å². The molecule has 0 bridgehead atoms. The maximum atomic E-state index is 5.54. The molecule has 0 spiro atoms. The van der Waals surface area contributed by atoms with Crippen molar-refractivity contribution in [1.82, 2.24) is 10.2 Å². The van der Waals surface area contributed by atoms with Gasteiger partial charge in [-0.15, -0.1) is 0 Å². The Labute approximate surface area is 75.7 Å². The number of hydrogen-bond acceptors (Lipinski definition) is 3. The summed E-state index contributed by atoms with van der Waals surface area (Å²) < 4.78 is 5.44. The molecule has 0 aliphatic carbocycles. The summed E-state index contributed by atoms with van der Waals surface area (Å²) in [6, 6.07) is 3.82. The summed E-state index contributed by atoms with van der Waals surface area (Å²) in [6.45, 7) is 2.37. The smallest absolute Gasteiger partial charge is 0.152 e. The van der Waals surface area contributed by atoms with Crippen LogP contribution < -0.4 is 5.73 Å². The second-order valence-electron chi connectivity index (χ2n) is 2.88. The molecule has 3 N–H and O–H groups in total. The molecule has 0 fully saturated rings. The second kappa shape index (κ2) is 3.06. The summed E-state index contributed by atoms with van der Waals surface area (Å²) in [5.74, 6) is 1.67. The maximum absolute atomic E-state index is 5.54. The van der Waals surface area contributed by atoms with Gasteiger partial charge in [0.2, 0.25) is 0 Å². The molecule has 68 valence electrons. The van der Waals surface area contributed by atoms with Crippen LogP contribution >= 0.6 is 0 Å². The van der Waals surface area contributed by atoms with Crippen LogP contribution in [0.4, 0.5) is 0 Å². The van der Waals surface area contributed by atoms with Crippen LogP contribution in [0.2, 0.25) is 0 Å². The van der Waals surface area contributed by atoms with Crippen molar-refractivity contribution in [2.45, 2.75) is 13.5 Å². The molecule has 0 aliphatic heterocycles. The molecule has 0 amide bonds. The van der Waals surface area contributed by atoms with E-state index < -0.39 is 0 Å². The number of H-pyrrole nitrogens is 1. The number of hydrogen-bond donors (Lipinski definition) is 2. The largest absolute Gasteiger partial charge is 0.460 e. The molecule has 13 heavy (non-hydrogen) atoms. The van der Waals surface area contributed by atoms with E-state index in [1.165, 1.54) is 0 Å². The average molecular weight is 177 g/mol. The number of nitrogens with zero attached hydrogens (tertiary/aromatic N) is 1. The molecule has 2 aromatic heterocycles. The number of aryl methyl sites for hydroxylation is 1. The lowest BCUT2D eigenvalue weighted by atomic mass is 10.2. The van der Waals surface area contributed by atoms with E-state index in [9.17, 15) is 0 Å². The molecular weight excluding hydrogens is 166 g/mol. The predicted molar refractivity (Wildman–Crippen MR) is 48.9 cm³/mol. The Morgan fingerprint density at radius 2 is 2.38 bits per heavy atom. The van der Waals surface area contributed by atoms with Gasteiger partial charge in [-0.05, 0) is 19.1 Å². The highest BCUT2D eigenvalue weighted by atomic mass is 16.3. The molecule has 0 saturated carbocycles. The standard InChI is InChI=1S/C9H11N3O/c1-6-2-3-8(13-6)9-7(4-10)5-11-12-9/h2-3,5H,4,10H2,1H3,(H,11,12). The first kappa shape index (κ1) is 8.07. The number of aromatic amines is 1. The zero-order valence-electron chi connectivity index (χ0n) is 7.37. The zero-order valence-corrected chi connectivity index (χ0v) is 7.37.